The number of nitrogens with one attached hydrogen (secondary N) is 1. The molecule has 0 aromatic heterocycles. The second-order valence-electron chi connectivity index (χ2n) is 6.63. The summed E-state index contributed by atoms with van der Waals surface area (Å²) in [5.41, 5.74) is 0.156. The first-order chi connectivity index (χ1) is 13.8. The summed E-state index contributed by atoms with van der Waals surface area (Å²) in [6, 6.07) is 5.72. The van der Waals surface area contributed by atoms with Crippen molar-refractivity contribution < 1.29 is 31.1 Å². The number of carbonyl (C=O) groups is 1. The molecule has 10 nitrogen and oxygen atoms in total. The highest BCUT2D eigenvalue weighted by Crippen LogP contribution is 2.18. The number of hydrogen-bond donors (Lipinski definition) is 1. The molecule has 0 atom stereocenters. The Morgan fingerprint density at radius 2 is 1.52 bits per heavy atom. The van der Waals surface area contributed by atoms with Gasteiger partial charge in [0.15, 0.2) is 0 Å². The zero-order valence-corrected chi connectivity index (χ0v) is 17.6. The van der Waals surface area contributed by atoms with Gasteiger partial charge < -0.3 is 14.8 Å². The lowest BCUT2D eigenvalue weighted by atomic mass is 10.2. The van der Waals surface area contributed by atoms with Crippen LogP contribution in [0.3, 0.4) is 0 Å². The van der Waals surface area contributed by atoms with Gasteiger partial charge in [-0.25, -0.2) is 16.8 Å². The molecule has 0 aliphatic carbocycles. The first kappa shape index (κ1) is 22.1. The van der Waals surface area contributed by atoms with E-state index in [0.29, 0.717) is 39.5 Å². The lowest BCUT2D eigenvalue weighted by Gasteiger charge is -2.26. The van der Waals surface area contributed by atoms with Crippen LogP contribution < -0.4 is 5.32 Å². The van der Waals surface area contributed by atoms with Gasteiger partial charge >= 0.3 is 0 Å². The number of sulfonamides is 2. The largest absolute Gasteiger partial charge is 0.379 e. The van der Waals surface area contributed by atoms with Gasteiger partial charge in [0, 0.05) is 38.3 Å². The third-order valence-electron chi connectivity index (χ3n) is 4.71. The fourth-order valence-corrected chi connectivity index (χ4v) is 5.86. The molecule has 0 radical (unpaired) electrons. The molecule has 1 amide bonds. The molecule has 2 aliphatic heterocycles. The Balaban J connectivity index is 1.60. The van der Waals surface area contributed by atoms with E-state index in [1.807, 2.05) is 0 Å². The summed E-state index contributed by atoms with van der Waals surface area (Å²) in [5, 5.41) is 2.55. The van der Waals surface area contributed by atoms with Gasteiger partial charge in [0.1, 0.15) is 0 Å². The summed E-state index contributed by atoms with van der Waals surface area (Å²) in [6.45, 7) is 2.44. The Hall–Kier alpha value is -1.57. The van der Waals surface area contributed by atoms with Crippen molar-refractivity contribution in [1.82, 2.24) is 13.9 Å². The Kier molecular flexibility index (Phi) is 7.24. The predicted molar refractivity (Wildman–Crippen MR) is 105 cm³/mol. The van der Waals surface area contributed by atoms with Gasteiger partial charge in [-0.2, -0.15) is 8.61 Å². The fraction of sp³-hybridized carbons (Fsp3) is 0.588. The van der Waals surface area contributed by atoms with Gasteiger partial charge in [-0.1, -0.05) is 6.07 Å². The highest BCUT2D eigenvalue weighted by molar-refractivity contribution is 7.89. The number of hydrogen-bond acceptors (Lipinski definition) is 7. The molecule has 2 saturated heterocycles. The van der Waals surface area contributed by atoms with Crippen LogP contribution in [-0.4, -0.2) is 96.3 Å². The quantitative estimate of drug-likeness (QED) is 0.575. The maximum Gasteiger partial charge on any atom is 0.251 e. The van der Waals surface area contributed by atoms with Gasteiger partial charge in [0.25, 0.3) is 5.91 Å². The Morgan fingerprint density at radius 1 is 0.931 bits per heavy atom. The highest BCUT2D eigenvalue weighted by atomic mass is 32.2. The molecular weight excluding hydrogens is 422 g/mol. The van der Waals surface area contributed by atoms with Crippen LogP contribution in [0.1, 0.15) is 10.4 Å². The first-order valence-corrected chi connectivity index (χ1v) is 12.4. The van der Waals surface area contributed by atoms with E-state index in [0.717, 1.165) is 0 Å². The minimum atomic E-state index is -3.72. The second kappa shape index (κ2) is 9.49. The summed E-state index contributed by atoms with van der Waals surface area (Å²) in [7, 11) is -7.20. The van der Waals surface area contributed by atoms with E-state index < -0.39 is 26.0 Å². The number of carbonyl (C=O) groups excluding carboxylic acids is 1. The van der Waals surface area contributed by atoms with Crippen LogP contribution in [0.4, 0.5) is 0 Å². The molecule has 2 fully saturated rings. The Bertz CT molecular complexity index is 922. The van der Waals surface area contributed by atoms with Crippen molar-refractivity contribution in [2.45, 2.75) is 4.90 Å². The molecule has 0 bridgehead atoms. The van der Waals surface area contributed by atoms with Crippen molar-refractivity contribution in [3.63, 3.8) is 0 Å². The van der Waals surface area contributed by atoms with Crippen LogP contribution in [0, 0.1) is 0 Å². The minimum absolute atomic E-state index is 0.0213. The SMILES string of the molecule is O=C(NCCS(=O)(=O)N1CCOCC1)c1cccc(S(=O)(=O)N2CCOCC2)c1. The maximum atomic E-state index is 12.7. The van der Waals surface area contributed by atoms with Gasteiger partial charge in [-0.05, 0) is 18.2 Å². The predicted octanol–water partition coefficient (Wildman–Crippen LogP) is -0.901. The zero-order chi connectivity index (χ0) is 20.9. The van der Waals surface area contributed by atoms with Crippen molar-refractivity contribution in [1.29, 1.82) is 0 Å². The summed E-state index contributed by atoms with van der Waals surface area (Å²) in [5.74, 6) is -0.758. The standard InChI is InChI=1S/C17H25N3O7S2/c21-17(18-4-13-28(22,23)19-5-9-26-10-6-19)15-2-1-3-16(14-15)29(24,25)20-7-11-27-12-8-20/h1-3,14H,4-13H2,(H,18,21). The van der Waals surface area contributed by atoms with Crippen molar-refractivity contribution in [3.8, 4) is 0 Å². The van der Waals surface area contributed by atoms with Crippen LogP contribution in [0.5, 0.6) is 0 Å². The molecular formula is C17H25N3O7S2. The van der Waals surface area contributed by atoms with E-state index in [2.05, 4.69) is 5.32 Å². The number of rotatable bonds is 7. The van der Waals surface area contributed by atoms with Gasteiger partial charge in [-0.15, -0.1) is 0 Å². The Morgan fingerprint density at radius 3 is 2.14 bits per heavy atom. The Labute approximate surface area is 170 Å². The summed E-state index contributed by atoms with van der Waals surface area (Å²) < 4.78 is 63.0. The average Bonchev–Trinajstić information content (AvgIpc) is 2.75. The van der Waals surface area contributed by atoms with E-state index in [-0.39, 0.29) is 35.8 Å². The molecule has 0 saturated carbocycles. The van der Waals surface area contributed by atoms with E-state index in [1.165, 1.54) is 32.9 Å². The van der Waals surface area contributed by atoms with Crippen molar-refractivity contribution in [3.05, 3.63) is 29.8 Å². The fourth-order valence-electron chi connectivity index (χ4n) is 3.08. The topological polar surface area (TPSA) is 122 Å². The number of nitrogens with zero attached hydrogens (tertiary/aromatic N) is 2. The van der Waals surface area contributed by atoms with Crippen molar-refractivity contribution in [2.75, 3.05) is 64.9 Å². The normalized spacial score (nSPS) is 19.7. The minimum Gasteiger partial charge on any atom is -0.379 e. The molecule has 2 heterocycles. The van der Waals surface area contributed by atoms with Gasteiger partial charge in [0.05, 0.1) is 37.1 Å². The van der Waals surface area contributed by atoms with Gasteiger partial charge in [-0.3, -0.25) is 4.79 Å². The van der Waals surface area contributed by atoms with Crippen LogP contribution >= 0.6 is 0 Å². The third-order valence-corrected chi connectivity index (χ3v) is 8.48. The molecule has 0 spiro atoms. The average molecular weight is 448 g/mol. The summed E-state index contributed by atoms with van der Waals surface area (Å²) >= 11 is 0. The monoisotopic (exact) mass is 447 g/mol. The van der Waals surface area contributed by atoms with E-state index >= 15 is 0 Å². The van der Waals surface area contributed by atoms with Crippen LogP contribution in [0.2, 0.25) is 0 Å². The van der Waals surface area contributed by atoms with Crippen molar-refractivity contribution in [2.24, 2.45) is 0 Å². The summed E-state index contributed by atoms with van der Waals surface area (Å²) in [4.78, 5) is 12.4. The number of amides is 1. The molecule has 2 aliphatic rings. The lowest BCUT2D eigenvalue weighted by Crippen LogP contribution is -2.43. The van der Waals surface area contributed by atoms with E-state index in [9.17, 15) is 21.6 Å². The number of benzene rings is 1. The van der Waals surface area contributed by atoms with Crippen LogP contribution in [0.15, 0.2) is 29.2 Å². The smallest absolute Gasteiger partial charge is 0.251 e. The van der Waals surface area contributed by atoms with E-state index in [1.54, 1.807) is 0 Å². The molecule has 0 unspecified atom stereocenters. The third kappa shape index (κ3) is 5.53. The maximum absolute atomic E-state index is 12.7. The summed E-state index contributed by atoms with van der Waals surface area (Å²) in [6.07, 6.45) is 0. The first-order valence-electron chi connectivity index (χ1n) is 9.32. The number of morpholine rings is 2. The molecule has 29 heavy (non-hydrogen) atoms. The highest BCUT2D eigenvalue weighted by Gasteiger charge is 2.27. The van der Waals surface area contributed by atoms with Crippen LogP contribution in [0.25, 0.3) is 0 Å². The van der Waals surface area contributed by atoms with Crippen LogP contribution in [-0.2, 0) is 29.5 Å². The molecule has 3 rings (SSSR count). The van der Waals surface area contributed by atoms with Gasteiger partial charge in [0.2, 0.25) is 20.0 Å². The second-order valence-corrected chi connectivity index (χ2v) is 10.7. The lowest BCUT2D eigenvalue weighted by molar-refractivity contribution is 0.0730. The molecule has 1 N–H and O–H groups in total. The number of ether oxygens (including phenoxy) is 2. The molecule has 12 heteroatoms. The van der Waals surface area contributed by atoms with E-state index in [4.69, 9.17) is 9.47 Å². The molecule has 1 aromatic rings. The molecule has 1 aromatic carbocycles. The van der Waals surface area contributed by atoms with Crippen molar-refractivity contribution >= 4 is 26.0 Å². The molecule has 162 valence electrons. The zero-order valence-electron chi connectivity index (χ0n) is 15.9.